The Balaban J connectivity index is 1.78. The van der Waals surface area contributed by atoms with Gasteiger partial charge < -0.3 is 10.6 Å². The molecule has 3 rings (SSSR count). The number of aromatic nitrogens is 2. The van der Waals surface area contributed by atoms with E-state index in [-0.39, 0.29) is 23.9 Å². The van der Waals surface area contributed by atoms with Crippen molar-refractivity contribution in [3.05, 3.63) is 70.3 Å². The molecule has 3 aromatic rings. The molecule has 7 heteroatoms. The lowest BCUT2D eigenvalue weighted by atomic mass is 10.1. The van der Waals surface area contributed by atoms with Crippen LogP contribution in [0.15, 0.2) is 53.6 Å². The van der Waals surface area contributed by atoms with Crippen LogP contribution >= 0.6 is 0 Å². The number of hydrogen-bond acceptors (Lipinski definition) is 4. The first-order chi connectivity index (χ1) is 13.0. The number of anilines is 1. The van der Waals surface area contributed by atoms with Gasteiger partial charge in [-0.3, -0.25) is 19.0 Å². The van der Waals surface area contributed by atoms with Gasteiger partial charge in [0.05, 0.1) is 17.2 Å². The zero-order valence-corrected chi connectivity index (χ0v) is 15.2. The average molecular weight is 364 g/mol. The monoisotopic (exact) mass is 364 g/mol. The van der Waals surface area contributed by atoms with Gasteiger partial charge in [-0.15, -0.1) is 0 Å². The Morgan fingerprint density at radius 2 is 1.93 bits per heavy atom. The van der Waals surface area contributed by atoms with Crippen LogP contribution in [0.25, 0.3) is 10.9 Å². The van der Waals surface area contributed by atoms with E-state index in [2.05, 4.69) is 15.6 Å². The van der Waals surface area contributed by atoms with Gasteiger partial charge in [0.1, 0.15) is 6.54 Å². The lowest BCUT2D eigenvalue weighted by Gasteiger charge is -2.10. The number of nitrogens with zero attached hydrogens (tertiary/aromatic N) is 2. The molecule has 138 valence electrons. The van der Waals surface area contributed by atoms with E-state index in [4.69, 9.17) is 0 Å². The summed E-state index contributed by atoms with van der Waals surface area (Å²) in [6.45, 7) is 4.07. The molecule has 27 heavy (non-hydrogen) atoms. The summed E-state index contributed by atoms with van der Waals surface area (Å²) in [5.41, 5.74) is 2.21. The molecule has 0 radical (unpaired) electrons. The summed E-state index contributed by atoms with van der Waals surface area (Å²) >= 11 is 0. The highest BCUT2D eigenvalue weighted by Crippen LogP contribution is 2.12. The van der Waals surface area contributed by atoms with Gasteiger partial charge in [-0.25, -0.2) is 4.98 Å². The van der Waals surface area contributed by atoms with Gasteiger partial charge >= 0.3 is 0 Å². The van der Waals surface area contributed by atoms with Gasteiger partial charge in [-0.2, -0.15) is 0 Å². The van der Waals surface area contributed by atoms with Crippen molar-refractivity contribution in [3.8, 4) is 0 Å². The Labute approximate surface area is 156 Å². The lowest BCUT2D eigenvalue weighted by Crippen LogP contribution is -2.28. The number of benzene rings is 2. The lowest BCUT2D eigenvalue weighted by molar-refractivity contribution is -0.116. The van der Waals surface area contributed by atoms with Crippen LogP contribution in [-0.2, 0) is 11.3 Å². The first kappa shape index (κ1) is 18.3. The van der Waals surface area contributed by atoms with E-state index in [0.29, 0.717) is 28.7 Å². The van der Waals surface area contributed by atoms with Crippen molar-refractivity contribution < 1.29 is 9.59 Å². The van der Waals surface area contributed by atoms with Crippen LogP contribution < -0.4 is 16.2 Å². The van der Waals surface area contributed by atoms with Crippen LogP contribution in [0.4, 0.5) is 5.69 Å². The first-order valence-corrected chi connectivity index (χ1v) is 8.62. The van der Waals surface area contributed by atoms with Gasteiger partial charge in [-0.05, 0) is 43.7 Å². The molecule has 0 atom stereocenters. The fourth-order valence-corrected chi connectivity index (χ4v) is 2.81. The predicted molar refractivity (Wildman–Crippen MR) is 104 cm³/mol. The van der Waals surface area contributed by atoms with Crippen LogP contribution in [0.1, 0.15) is 22.8 Å². The SMILES string of the molecule is CCNC(=O)c1cccc(NC(=O)Cn2cnc3c(C)cccc3c2=O)c1. The molecule has 0 saturated heterocycles. The molecule has 2 N–H and O–H groups in total. The summed E-state index contributed by atoms with van der Waals surface area (Å²) in [5.74, 6) is -0.585. The zero-order chi connectivity index (χ0) is 19.4. The molecule has 1 heterocycles. The molecule has 0 unspecified atom stereocenters. The van der Waals surface area contributed by atoms with Gasteiger partial charge in [0.15, 0.2) is 0 Å². The average Bonchev–Trinajstić information content (AvgIpc) is 2.65. The molecule has 2 amide bonds. The highest BCUT2D eigenvalue weighted by molar-refractivity contribution is 5.97. The standard InChI is InChI=1S/C20H20N4O3/c1-3-21-19(26)14-7-5-8-15(10-14)23-17(25)11-24-12-22-18-13(2)6-4-9-16(18)20(24)27/h4-10,12H,3,11H2,1-2H3,(H,21,26)(H,23,25). The minimum Gasteiger partial charge on any atom is -0.352 e. The Morgan fingerprint density at radius 3 is 2.70 bits per heavy atom. The van der Waals surface area contributed by atoms with E-state index < -0.39 is 0 Å². The largest absolute Gasteiger partial charge is 0.352 e. The third kappa shape index (κ3) is 4.03. The topological polar surface area (TPSA) is 93.1 Å². The maximum atomic E-state index is 12.6. The van der Waals surface area contributed by atoms with Crippen molar-refractivity contribution in [2.75, 3.05) is 11.9 Å². The van der Waals surface area contributed by atoms with Crippen molar-refractivity contribution in [2.45, 2.75) is 20.4 Å². The molecular formula is C20H20N4O3. The van der Waals surface area contributed by atoms with E-state index in [0.717, 1.165) is 5.56 Å². The van der Waals surface area contributed by atoms with Crippen molar-refractivity contribution in [3.63, 3.8) is 0 Å². The first-order valence-electron chi connectivity index (χ1n) is 8.62. The molecule has 1 aromatic heterocycles. The van der Waals surface area contributed by atoms with Crippen molar-refractivity contribution in [1.82, 2.24) is 14.9 Å². The molecule has 0 spiro atoms. The second-order valence-electron chi connectivity index (χ2n) is 6.14. The number of carbonyl (C=O) groups is 2. The quantitative estimate of drug-likeness (QED) is 0.725. The number of carbonyl (C=O) groups excluding carboxylic acids is 2. The van der Waals surface area contributed by atoms with Gasteiger partial charge in [0.25, 0.3) is 11.5 Å². The number of para-hydroxylation sites is 1. The molecular weight excluding hydrogens is 344 g/mol. The van der Waals surface area contributed by atoms with E-state index in [9.17, 15) is 14.4 Å². The summed E-state index contributed by atoms with van der Waals surface area (Å²) in [7, 11) is 0. The van der Waals surface area contributed by atoms with Crippen LogP contribution in [-0.4, -0.2) is 27.9 Å². The molecule has 0 fully saturated rings. The van der Waals surface area contributed by atoms with Crippen LogP contribution in [0.5, 0.6) is 0 Å². The molecule has 0 aliphatic carbocycles. The Bertz CT molecular complexity index is 1070. The maximum Gasteiger partial charge on any atom is 0.261 e. The van der Waals surface area contributed by atoms with Crippen LogP contribution in [0.3, 0.4) is 0 Å². The number of rotatable bonds is 5. The Kier molecular flexibility index (Phi) is 5.30. The molecule has 0 bridgehead atoms. The summed E-state index contributed by atoms with van der Waals surface area (Å²) in [6.07, 6.45) is 1.38. The van der Waals surface area contributed by atoms with E-state index in [1.54, 1.807) is 36.4 Å². The van der Waals surface area contributed by atoms with Crippen molar-refractivity contribution in [2.24, 2.45) is 0 Å². The van der Waals surface area contributed by atoms with E-state index in [1.807, 2.05) is 19.9 Å². The number of amides is 2. The van der Waals surface area contributed by atoms with Gasteiger partial charge in [0.2, 0.25) is 5.91 Å². The van der Waals surface area contributed by atoms with Crippen LogP contribution in [0, 0.1) is 6.92 Å². The third-order valence-corrected chi connectivity index (χ3v) is 4.12. The molecule has 2 aromatic carbocycles. The van der Waals surface area contributed by atoms with Gasteiger partial charge in [0, 0.05) is 17.8 Å². The van der Waals surface area contributed by atoms with E-state index in [1.165, 1.54) is 10.9 Å². The summed E-state index contributed by atoms with van der Waals surface area (Å²) in [6, 6.07) is 12.0. The van der Waals surface area contributed by atoms with Crippen molar-refractivity contribution in [1.29, 1.82) is 0 Å². The highest BCUT2D eigenvalue weighted by atomic mass is 16.2. The number of aryl methyl sites for hydroxylation is 1. The predicted octanol–water partition coefficient (Wildman–Crippen LogP) is 2.09. The summed E-state index contributed by atoms with van der Waals surface area (Å²) in [4.78, 5) is 41.1. The summed E-state index contributed by atoms with van der Waals surface area (Å²) < 4.78 is 1.27. The maximum absolute atomic E-state index is 12.6. The molecule has 0 aliphatic rings. The Hall–Kier alpha value is -3.48. The third-order valence-electron chi connectivity index (χ3n) is 4.12. The number of nitrogens with one attached hydrogen (secondary N) is 2. The molecule has 0 saturated carbocycles. The van der Waals surface area contributed by atoms with E-state index >= 15 is 0 Å². The van der Waals surface area contributed by atoms with Gasteiger partial charge in [-0.1, -0.05) is 18.2 Å². The smallest absolute Gasteiger partial charge is 0.261 e. The molecule has 7 nitrogen and oxygen atoms in total. The fraction of sp³-hybridized carbons (Fsp3) is 0.200. The van der Waals surface area contributed by atoms with Crippen molar-refractivity contribution >= 4 is 28.4 Å². The molecule has 0 aliphatic heterocycles. The minimum absolute atomic E-state index is 0.166. The fourth-order valence-electron chi connectivity index (χ4n) is 2.81. The Morgan fingerprint density at radius 1 is 1.15 bits per heavy atom. The summed E-state index contributed by atoms with van der Waals surface area (Å²) in [5, 5.41) is 5.89. The zero-order valence-electron chi connectivity index (χ0n) is 15.2. The number of hydrogen-bond donors (Lipinski definition) is 2. The van der Waals surface area contributed by atoms with Crippen LogP contribution in [0.2, 0.25) is 0 Å². The normalized spacial score (nSPS) is 10.6. The second-order valence-corrected chi connectivity index (χ2v) is 6.14. The number of fused-ring (bicyclic) bond motifs is 1. The highest BCUT2D eigenvalue weighted by Gasteiger charge is 2.11. The minimum atomic E-state index is -0.376. The second kappa shape index (κ2) is 7.82.